The summed E-state index contributed by atoms with van der Waals surface area (Å²) >= 11 is 1.39. The molecule has 0 aliphatic carbocycles. The van der Waals surface area contributed by atoms with Crippen molar-refractivity contribution in [3.05, 3.63) is 64.4 Å². The van der Waals surface area contributed by atoms with Gasteiger partial charge in [-0.15, -0.1) is 0 Å². The van der Waals surface area contributed by atoms with E-state index in [9.17, 15) is 9.90 Å². The number of para-hydroxylation sites is 2. The lowest BCUT2D eigenvalue weighted by molar-refractivity contribution is 0.126. The first-order chi connectivity index (χ1) is 13.5. The van der Waals surface area contributed by atoms with Crippen molar-refractivity contribution in [3.63, 3.8) is 0 Å². The zero-order valence-electron chi connectivity index (χ0n) is 16.5. The molecule has 2 aromatic carbocycles. The molecule has 0 aliphatic heterocycles. The van der Waals surface area contributed by atoms with Gasteiger partial charge < -0.3 is 9.84 Å². The number of rotatable bonds is 8. The van der Waals surface area contributed by atoms with Gasteiger partial charge in [0.2, 0.25) is 0 Å². The first kappa shape index (κ1) is 20.4. The van der Waals surface area contributed by atoms with E-state index in [1.165, 1.54) is 11.8 Å². The second-order valence-corrected chi connectivity index (χ2v) is 7.87. The van der Waals surface area contributed by atoms with Crippen LogP contribution < -0.4 is 10.3 Å². The minimum Gasteiger partial charge on any atom is -0.491 e. The lowest BCUT2D eigenvalue weighted by Gasteiger charge is -2.19. The summed E-state index contributed by atoms with van der Waals surface area (Å²) in [6, 6.07) is 15.1. The number of aromatic nitrogens is 2. The molecule has 28 heavy (non-hydrogen) atoms. The molecule has 0 fully saturated rings. The molecule has 6 heteroatoms. The molecular weight excluding hydrogens is 372 g/mol. The van der Waals surface area contributed by atoms with E-state index in [1.54, 1.807) is 4.57 Å². The Morgan fingerprint density at radius 1 is 1.18 bits per heavy atom. The summed E-state index contributed by atoms with van der Waals surface area (Å²) in [6.45, 7) is 6.23. The number of aryl methyl sites for hydroxylation is 1. The van der Waals surface area contributed by atoms with Gasteiger partial charge in [0.1, 0.15) is 12.4 Å². The van der Waals surface area contributed by atoms with Gasteiger partial charge in [-0.1, -0.05) is 49.0 Å². The zero-order chi connectivity index (χ0) is 20.1. The molecule has 0 amide bonds. The number of nitrogens with zero attached hydrogens (tertiary/aromatic N) is 2. The van der Waals surface area contributed by atoms with Crippen molar-refractivity contribution in [1.82, 2.24) is 9.55 Å². The number of fused-ring (bicyclic) bond motifs is 1. The molecule has 0 radical (unpaired) electrons. The fourth-order valence-electron chi connectivity index (χ4n) is 2.92. The van der Waals surface area contributed by atoms with Gasteiger partial charge in [0.15, 0.2) is 5.16 Å². The largest absolute Gasteiger partial charge is 0.491 e. The number of thioether (sulfide) groups is 1. The third-order valence-corrected chi connectivity index (χ3v) is 5.83. The Kier molecular flexibility index (Phi) is 6.75. The van der Waals surface area contributed by atoms with Gasteiger partial charge in [0.25, 0.3) is 5.56 Å². The maximum atomic E-state index is 13.0. The molecule has 3 rings (SSSR count). The summed E-state index contributed by atoms with van der Waals surface area (Å²) < 4.78 is 7.47. The molecule has 0 bridgehead atoms. The lowest BCUT2D eigenvalue weighted by Crippen LogP contribution is -2.27. The van der Waals surface area contributed by atoms with Crippen LogP contribution in [0.4, 0.5) is 0 Å². The predicted octanol–water partition coefficient (Wildman–Crippen LogP) is 4.21. The van der Waals surface area contributed by atoms with Crippen molar-refractivity contribution >= 4 is 22.7 Å². The van der Waals surface area contributed by atoms with Crippen molar-refractivity contribution < 1.29 is 9.84 Å². The minimum atomic E-state index is -0.668. The van der Waals surface area contributed by atoms with E-state index < -0.39 is 6.10 Å². The fourth-order valence-corrected chi connectivity index (χ4v) is 3.92. The van der Waals surface area contributed by atoms with E-state index in [0.717, 1.165) is 17.7 Å². The average Bonchev–Trinajstić information content (AvgIpc) is 2.71. The molecule has 0 saturated heterocycles. The van der Waals surface area contributed by atoms with Crippen molar-refractivity contribution in [1.29, 1.82) is 0 Å². The van der Waals surface area contributed by atoms with Crippen molar-refractivity contribution in [2.45, 2.75) is 44.5 Å². The monoisotopic (exact) mass is 398 g/mol. The Labute approximate surface area is 169 Å². The van der Waals surface area contributed by atoms with Crippen LogP contribution >= 0.6 is 11.8 Å². The van der Waals surface area contributed by atoms with E-state index in [-0.39, 0.29) is 18.2 Å². The van der Waals surface area contributed by atoms with Crippen LogP contribution in [0.2, 0.25) is 0 Å². The van der Waals surface area contributed by atoms with E-state index >= 15 is 0 Å². The van der Waals surface area contributed by atoms with Crippen LogP contribution in [-0.2, 0) is 0 Å². The Bertz CT molecular complexity index is 1000. The molecule has 0 saturated carbocycles. The summed E-state index contributed by atoms with van der Waals surface area (Å²) in [5.74, 6) is 1.17. The van der Waals surface area contributed by atoms with E-state index in [4.69, 9.17) is 4.74 Å². The molecule has 3 aromatic rings. The maximum absolute atomic E-state index is 13.0. The summed E-state index contributed by atoms with van der Waals surface area (Å²) in [4.78, 5) is 17.6. The van der Waals surface area contributed by atoms with Gasteiger partial charge in [0, 0.05) is 11.8 Å². The Morgan fingerprint density at radius 2 is 1.89 bits per heavy atom. The number of hydrogen-bond acceptors (Lipinski definition) is 5. The fraction of sp³-hybridized carbons (Fsp3) is 0.364. The maximum Gasteiger partial charge on any atom is 0.262 e. The van der Waals surface area contributed by atoms with E-state index in [1.807, 2.05) is 69.3 Å². The van der Waals surface area contributed by atoms with Crippen molar-refractivity contribution in [2.75, 3.05) is 12.4 Å². The predicted molar refractivity (Wildman–Crippen MR) is 114 cm³/mol. The van der Waals surface area contributed by atoms with Crippen LogP contribution in [0, 0.1) is 6.92 Å². The summed E-state index contributed by atoms with van der Waals surface area (Å²) in [5.41, 5.74) is 1.68. The highest BCUT2D eigenvalue weighted by atomic mass is 32.2. The standard InChI is InChI=1S/C22H26N2O3S/c1-4-16(3)24-21(26)18-10-6-7-11-19(18)23-22(24)28-14-17(25)13-27-20-12-8-5-9-15(20)2/h5-12,16-17,25H,4,13-14H2,1-3H3/t16-,17-/m0/s1. The highest BCUT2D eigenvalue weighted by Gasteiger charge is 2.17. The molecule has 0 aliphatic rings. The number of hydrogen-bond donors (Lipinski definition) is 1. The lowest BCUT2D eigenvalue weighted by atomic mass is 10.2. The van der Waals surface area contributed by atoms with Crippen LogP contribution in [-0.4, -0.2) is 33.1 Å². The smallest absolute Gasteiger partial charge is 0.262 e. The third-order valence-electron chi connectivity index (χ3n) is 4.74. The van der Waals surface area contributed by atoms with Crippen LogP contribution in [0.5, 0.6) is 5.75 Å². The topological polar surface area (TPSA) is 64.3 Å². The molecule has 148 valence electrons. The second kappa shape index (κ2) is 9.26. The summed E-state index contributed by atoms with van der Waals surface area (Å²) in [7, 11) is 0. The van der Waals surface area contributed by atoms with Gasteiger partial charge in [-0.25, -0.2) is 4.98 Å². The average molecular weight is 399 g/mol. The molecule has 2 atom stereocenters. The molecule has 1 heterocycles. The Balaban J connectivity index is 1.76. The van der Waals surface area contributed by atoms with Gasteiger partial charge in [0.05, 0.1) is 17.0 Å². The first-order valence-corrected chi connectivity index (χ1v) is 10.5. The van der Waals surface area contributed by atoms with Crippen LogP contribution in [0.15, 0.2) is 58.5 Å². The first-order valence-electron chi connectivity index (χ1n) is 9.51. The quantitative estimate of drug-likeness (QED) is 0.455. The molecule has 5 nitrogen and oxygen atoms in total. The van der Waals surface area contributed by atoms with E-state index in [2.05, 4.69) is 4.98 Å². The van der Waals surface area contributed by atoms with Crippen molar-refractivity contribution in [3.8, 4) is 5.75 Å². The highest BCUT2D eigenvalue weighted by molar-refractivity contribution is 7.99. The van der Waals surface area contributed by atoms with Gasteiger partial charge in [-0.3, -0.25) is 9.36 Å². The van der Waals surface area contributed by atoms with Gasteiger partial charge in [-0.2, -0.15) is 0 Å². The summed E-state index contributed by atoms with van der Waals surface area (Å²) in [5, 5.41) is 11.6. The molecular formula is C22H26N2O3S. The van der Waals surface area contributed by atoms with Crippen LogP contribution in [0.3, 0.4) is 0 Å². The Morgan fingerprint density at radius 3 is 2.64 bits per heavy atom. The highest BCUT2D eigenvalue weighted by Crippen LogP contribution is 2.23. The summed E-state index contributed by atoms with van der Waals surface area (Å²) in [6.07, 6.45) is 0.158. The van der Waals surface area contributed by atoms with E-state index in [0.29, 0.717) is 21.8 Å². The van der Waals surface area contributed by atoms with Crippen molar-refractivity contribution in [2.24, 2.45) is 0 Å². The second-order valence-electron chi connectivity index (χ2n) is 6.89. The number of aliphatic hydroxyl groups excluding tert-OH is 1. The Hall–Kier alpha value is -2.31. The number of aliphatic hydroxyl groups is 1. The van der Waals surface area contributed by atoms with Gasteiger partial charge >= 0.3 is 0 Å². The van der Waals surface area contributed by atoms with Crippen LogP contribution in [0.1, 0.15) is 31.9 Å². The molecule has 0 spiro atoms. The third kappa shape index (κ3) is 4.56. The normalized spacial score (nSPS) is 13.4. The van der Waals surface area contributed by atoms with Crippen LogP contribution in [0.25, 0.3) is 10.9 Å². The zero-order valence-corrected chi connectivity index (χ0v) is 17.3. The molecule has 1 N–H and O–H groups in total. The number of benzene rings is 2. The minimum absolute atomic E-state index is 0.0342. The SMILES string of the molecule is CC[C@H](C)n1c(SC[C@@H](O)COc2ccccc2C)nc2ccccc2c1=O. The number of ether oxygens (including phenoxy) is 1. The molecule has 0 unspecified atom stereocenters. The molecule has 1 aromatic heterocycles. The van der Waals surface area contributed by atoms with Gasteiger partial charge in [-0.05, 0) is 44.0 Å².